The summed E-state index contributed by atoms with van der Waals surface area (Å²) in [4.78, 5) is 0. The van der Waals surface area contributed by atoms with Crippen molar-refractivity contribution in [3.63, 3.8) is 0 Å². The molecular weight excluding hydrogens is 220 g/mol. The maximum atomic E-state index is 10.8. The van der Waals surface area contributed by atoms with Crippen LogP contribution in [0.2, 0.25) is 5.02 Å². The molecule has 0 amide bonds. The van der Waals surface area contributed by atoms with Crippen LogP contribution in [0, 0.1) is 18.1 Å². The highest BCUT2D eigenvalue weighted by Gasteiger charge is 1.95. The van der Waals surface area contributed by atoms with E-state index in [0.717, 1.165) is 11.8 Å². The molecule has 0 aliphatic heterocycles. The SMILES string of the molecule is Cc1cc(Cl)cc(C#CS(C)(=O)=O)c1. The van der Waals surface area contributed by atoms with Crippen LogP contribution in [0.15, 0.2) is 18.2 Å². The van der Waals surface area contributed by atoms with Crippen molar-refractivity contribution < 1.29 is 8.42 Å². The molecule has 74 valence electrons. The van der Waals surface area contributed by atoms with Gasteiger partial charge in [-0.15, -0.1) is 0 Å². The highest BCUT2D eigenvalue weighted by Crippen LogP contribution is 2.13. The predicted molar refractivity (Wildman–Crippen MR) is 57.9 cm³/mol. The highest BCUT2D eigenvalue weighted by molar-refractivity contribution is 7.95. The van der Waals surface area contributed by atoms with E-state index >= 15 is 0 Å². The maximum Gasteiger partial charge on any atom is 0.214 e. The zero-order valence-electron chi connectivity index (χ0n) is 7.83. The van der Waals surface area contributed by atoms with Crippen LogP contribution in [0.5, 0.6) is 0 Å². The first-order valence-corrected chi connectivity index (χ1v) is 6.14. The van der Waals surface area contributed by atoms with Gasteiger partial charge in [0, 0.05) is 15.8 Å². The lowest BCUT2D eigenvalue weighted by Crippen LogP contribution is -1.89. The Bertz CT molecular complexity index is 486. The standard InChI is InChI=1S/C10H9ClO2S/c1-8-5-9(7-10(11)6-8)3-4-14(2,12)13/h5-7H,1-2H3. The summed E-state index contributed by atoms with van der Waals surface area (Å²) in [5, 5.41) is 2.71. The van der Waals surface area contributed by atoms with E-state index in [9.17, 15) is 8.42 Å². The second-order valence-corrected chi connectivity index (χ2v) is 5.20. The number of hydrogen-bond donors (Lipinski definition) is 0. The fourth-order valence-electron chi connectivity index (χ4n) is 0.960. The third-order valence-corrected chi connectivity index (χ3v) is 2.11. The van der Waals surface area contributed by atoms with Crippen molar-refractivity contribution in [2.45, 2.75) is 6.92 Å². The normalized spacial score (nSPS) is 10.5. The summed E-state index contributed by atoms with van der Waals surface area (Å²) in [6.45, 7) is 1.87. The van der Waals surface area contributed by atoms with E-state index in [2.05, 4.69) is 11.2 Å². The summed E-state index contributed by atoms with van der Waals surface area (Å²) >= 11 is 5.78. The number of rotatable bonds is 0. The van der Waals surface area contributed by atoms with Gasteiger partial charge in [0.2, 0.25) is 9.84 Å². The number of benzene rings is 1. The van der Waals surface area contributed by atoms with Gasteiger partial charge >= 0.3 is 0 Å². The molecule has 0 heterocycles. The molecule has 4 heteroatoms. The van der Waals surface area contributed by atoms with Crippen molar-refractivity contribution in [3.05, 3.63) is 34.3 Å². The van der Waals surface area contributed by atoms with E-state index in [4.69, 9.17) is 11.6 Å². The van der Waals surface area contributed by atoms with Gasteiger partial charge in [-0.1, -0.05) is 11.6 Å². The number of hydrogen-bond acceptors (Lipinski definition) is 2. The molecule has 1 aromatic carbocycles. The Morgan fingerprint density at radius 3 is 2.43 bits per heavy atom. The molecule has 14 heavy (non-hydrogen) atoms. The van der Waals surface area contributed by atoms with E-state index < -0.39 is 9.84 Å². The quantitative estimate of drug-likeness (QED) is 0.637. The molecule has 0 spiro atoms. The Labute approximate surface area is 88.8 Å². The maximum absolute atomic E-state index is 10.8. The molecule has 2 nitrogen and oxygen atoms in total. The van der Waals surface area contributed by atoms with Gasteiger partial charge < -0.3 is 0 Å². The van der Waals surface area contributed by atoms with E-state index in [1.165, 1.54) is 0 Å². The van der Waals surface area contributed by atoms with Crippen molar-refractivity contribution >= 4 is 21.4 Å². The molecule has 0 bridgehead atoms. The summed E-state index contributed by atoms with van der Waals surface area (Å²) in [6, 6.07) is 5.20. The fraction of sp³-hybridized carbons (Fsp3) is 0.200. The topological polar surface area (TPSA) is 34.1 Å². The minimum Gasteiger partial charge on any atom is -0.216 e. The lowest BCUT2D eigenvalue weighted by Gasteiger charge is -1.95. The third-order valence-electron chi connectivity index (χ3n) is 1.42. The summed E-state index contributed by atoms with van der Waals surface area (Å²) in [5.41, 5.74) is 1.57. The van der Waals surface area contributed by atoms with E-state index in [1.54, 1.807) is 18.2 Å². The predicted octanol–water partition coefficient (Wildman–Crippen LogP) is 2.00. The van der Waals surface area contributed by atoms with E-state index in [-0.39, 0.29) is 0 Å². The first-order chi connectivity index (χ1) is 6.37. The molecular formula is C10H9ClO2S. The minimum absolute atomic E-state index is 0.558. The molecule has 1 aromatic rings. The largest absolute Gasteiger partial charge is 0.216 e. The number of aryl methyl sites for hydroxylation is 1. The molecule has 0 saturated heterocycles. The molecule has 0 N–H and O–H groups in total. The average Bonchev–Trinajstić information content (AvgIpc) is 1.97. The van der Waals surface area contributed by atoms with Crippen LogP contribution in [-0.4, -0.2) is 14.7 Å². The Hall–Kier alpha value is -0.980. The lowest BCUT2D eigenvalue weighted by molar-refractivity contribution is 0.611. The zero-order valence-corrected chi connectivity index (χ0v) is 9.41. The molecule has 0 fully saturated rings. The molecule has 0 unspecified atom stereocenters. The Balaban J connectivity index is 3.14. The van der Waals surface area contributed by atoms with Gasteiger partial charge in [0.1, 0.15) is 0 Å². The smallest absolute Gasteiger partial charge is 0.214 e. The molecule has 0 aromatic heterocycles. The molecule has 0 atom stereocenters. The van der Waals surface area contributed by atoms with Crippen LogP contribution in [0.1, 0.15) is 11.1 Å². The minimum atomic E-state index is -3.25. The molecule has 0 aliphatic carbocycles. The van der Waals surface area contributed by atoms with Gasteiger partial charge in [-0.25, -0.2) is 8.42 Å². The Kier molecular flexibility index (Phi) is 3.20. The van der Waals surface area contributed by atoms with Crippen LogP contribution in [-0.2, 0) is 9.84 Å². The van der Waals surface area contributed by atoms with Crippen molar-refractivity contribution in [2.75, 3.05) is 6.26 Å². The summed E-state index contributed by atoms with van der Waals surface area (Å²) < 4.78 is 21.5. The Morgan fingerprint density at radius 1 is 1.29 bits per heavy atom. The van der Waals surface area contributed by atoms with Crippen LogP contribution in [0.4, 0.5) is 0 Å². The third kappa shape index (κ3) is 3.82. The summed E-state index contributed by atoms with van der Waals surface area (Å²) in [7, 11) is -3.25. The number of halogens is 1. The van der Waals surface area contributed by atoms with Crippen LogP contribution >= 0.6 is 11.6 Å². The average molecular weight is 229 g/mol. The first-order valence-electron chi connectivity index (χ1n) is 3.87. The van der Waals surface area contributed by atoms with Crippen molar-refractivity contribution in [1.29, 1.82) is 0 Å². The monoisotopic (exact) mass is 228 g/mol. The Morgan fingerprint density at radius 2 is 1.93 bits per heavy atom. The van der Waals surface area contributed by atoms with Gasteiger partial charge in [-0.05, 0) is 36.6 Å². The highest BCUT2D eigenvalue weighted by atomic mass is 35.5. The van der Waals surface area contributed by atoms with Gasteiger partial charge in [0.25, 0.3) is 0 Å². The van der Waals surface area contributed by atoms with Crippen LogP contribution < -0.4 is 0 Å². The molecule has 0 aliphatic rings. The first kappa shape index (κ1) is 11.1. The number of sulfone groups is 1. The van der Waals surface area contributed by atoms with Gasteiger partial charge in [-0.3, -0.25) is 0 Å². The molecule has 1 rings (SSSR count). The van der Waals surface area contributed by atoms with E-state index in [0.29, 0.717) is 10.6 Å². The molecule has 0 saturated carbocycles. The summed E-state index contributed by atoms with van der Waals surface area (Å²) in [6.07, 6.45) is 1.07. The molecule has 0 radical (unpaired) electrons. The second kappa shape index (κ2) is 4.04. The van der Waals surface area contributed by atoms with Gasteiger partial charge in [0.05, 0.1) is 6.26 Å². The van der Waals surface area contributed by atoms with Crippen LogP contribution in [0.3, 0.4) is 0 Å². The van der Waals surface area contributed by atoms with Gasteiger partial charge in [0.15, 0.2) is 0 Å². The second-order valence-electron chi connectivity index (χ2n) is 3.02. The van der Waals surface area contributed by atoms with Crippen molar-refractivity contribution in [1.82, 2.24) is 0 Å². The van der Waals surface area contributed by atoms with E-state index in [1.807, 2.05) is 6.92 Å². The van der Waals surface area contributed by atoms with Crippen LogP contribution in [0.25, 0.3) is 0 Å². The van der Waals surface area contributed by atoms with Crippen molar-refractivity contribution in [3.8, 4) is 11.2 Å². The van der Waals surface area contributed by atoms with Crippen molar-refractivity contribution in [2.24, 2.45) is 0 Å². The summed E-state index contributed by atoms with van der Waals surface area (Å²) in [5.74, 6) is 2.54. The van der Waals surface area contributed by atoms with Gasteiger partial charge in [-0.2, -0.15) is 0 Å². The zero-order chi connectivity index (χ0) is 10.8. The lowest BCUT2D eigenvalue weighted by atomic mass is 10.1. The fourth-order valence-corrected chi connectivity index (χ4v) is 1.55.